The van der Waals surface area contributed by atoms with Crippen molar-refractivity contribution in [1.82, 2.24) is 0 Å². The Kier molecular flexibility index (Phi) is 6.87. The molecule has 0 fully saturated rings. The number of carbonyl (C=O) groups is 2. The molecule has 1 N–H and O–H groups in total. The number of carbonyl (C=O) groups excluding carboxylic acids is 2. The van der Waals surface area contributed by atoms with Crippen LogP contribution in [0, 0.1) is 0 Å². The van der Waals surface area contributed by atoms with Gasteiger partial charge in [-0.15, -0.1) is 0 Å². The highest BCUT2D eigenvalue weighted by atomic mass is 16.6. The normalized spacial score (nSPS) is 13.2. The summed E-state index contributed by atoms with van der Waals surface area (Å²) in [7, 11) is 0. The molecule has 0 bridgehead atoms. The highest BCUT2D eigenvalue weighted by molar-refractivity contribution is 5.93. The molecule has 126 valence electrons. The van der Waals surface area contributed by atoms with E-state index in [0.29, 0.717) is 45.7 Å². The average Bonchev–Trinajstić information content (AvgIpc) is 2.55. The molecule has 0 saturated carbocycles. The van der Waals surface area contributed by atoms with Crippen molar-refractivity contribution in [2.24, 2.45) is 0 Å². The van der Waals surface area contributed by atoms with E-state index in [0.717, 1.165) is 23.4 Å². The van der Waals surface area contributed by atoms with Gasteiger partial charge in [-0.1, -0.05) is 0 Å². The molecule has 1 aliphatic rings. The van der Waals surface area contributed by atoms with Crippen molar-refractivity contribution in [1.29, 1.82) is 0 Å². The first-order valence-electron chi connectivity index (χ1n) is 7.98. The van der Waals surface area contributed by atoms with E-state index in [1.807, 2.05) is 25.1 Å². The van der Waals surface area contributed by atoms with Gasteiger partial charge in [0.1, 0.15) is 12.4 Å². The molecular formula is C17H23NO5. The molecule has 0 aromatic heterocycles. The molecule has 6 nitrogen and oxygen atoms in total. The van der Waals surface area contributed by atoms with E-state index in [1.54, 1.807) is 0 Å². The highest BCUT2D eigenvalue weighted by Gasteiger charge is 2.15. The predicted molar refractivity (Wildman–Crippen MR) is 85.6 cm³/mol. The predicted octanol–water partition coefficient (Wildman–Crippen LogP) is 2.31. The zero-order valence-corrected chi connectivity index (χ0v) is 13.4. The van der Waals surface area contributed by atoms with E-state index in [4.69, 9.17) is 14.2 Å². The number of hydrogen-bond acceptors (Lipinski definition) is 5. The van der Waals surface area contributed by atoms with Gasteiger partial charge in [0.05, 0.1) is 13.2 Å². The number of nitrogens with one attached hydrogen (secondary N) is 1. The van der Waals surface area contributed by atoms with Gasteiger partial charge >= 0.3 is 5.97 Å². The second-order valence-electron chi connectivity index (χ2n) is 5.24. The number of ether oxygens (including phenoxy) is 3. The van der Waals surface area contributed by atoms with Crippen molar-refractivity contribution < 1.29 is 23.8 Å². The molecule has 1 aliphatic heterocycles. The summed E-state index contributed by atoms with van der Waals surface area (Å²) in [4.78, 5) is 22.8. The lowest BCUT2D eigenvalue weighted by Gasteiger charge is -2.17. The molecule has 0 radical (unpaired) electrons. The maximum absolute atomic E-state index is 11.5. The van der Waals surface area contributed by atoms with Gasteiger partial charge in [0.2, 0.25) is 5.91 Å². The quantitative estimate of drug-likeness (QED) is 0.558. The van der Waals surface area contributed by atoms with Crippen LogP contribution in [0.2, 0.25) is 0 Å². The van der Waals surface area contributed by atoms with E-state index in [1.165, 1.54) is 0 Å². The van der Waals surface area contributed by atoms with Gasteiger partial charge in [0, 0.05) is 25.1 Å². The summed E-state index contributed by atoms with van der Waals surface area (Å²) in [5.74, 6) is 0.570. The first-order chi connectivity index (χ1) is 11.2. The van der Waals surface area contributed by atoms with Crippen molar-refractivity contribution >= 4 is 17.6 Å². The minimum absolute atomic E-state index is 0.0500. The first kappa shape index (κ1) is 17.3. The molecule has 0 unspecified atom stereocenters. The van der Waals surface area contributed by atoms with Crippen LogP contribution >= 0.6 is 0 Å². The third-order valence-electron chi connectivity index (χ3n) is 3.46. The third kappa shape index (κ3) is 5.90. The summed E-state index contributed by atoms with van der Waals surface area (Å²) in [5.41, 5.74) is 1.93. The molecule has 2 rings (SSSR count). The molecule has 6 heteroatoms. The minimum atomic E-state index is -0.235. The van der Waals surface area contributed by atoms with Gasteiger partial charge in [0.15, 0.2) is 0 Å². The van der Waals surface area contributed by atoms with Crippen LogP contribution < -0.4 is 10.1 Å². The smallest absolute Gasteiger partial charge is 0.305 e. The van der Waals surface area contributed by atoms with Crippen LogP contribution in [0.5, 0.6) is 5.75 Å². The summed E-state index contributed by atoms with van der Waals surface area (Å²) in [6.45, 7) is 3.70. The van der Waals surface area contributed by atoms with Gasteiger partial charge in [-0.25, -0.2) is 0 Å². The number of fused-ring (bicyclic) bond motifs is 1. The van der Waals surface area contributed by atoms with Crippen LogP contribution in [0.4, 0.5) is 5.69 Å². The Morgan fingerprint density at radius 1 is 1.22 bits per heavy atom. The van der Waals surface area contributed by atoms with Crippen LogP contribution in [0.3, 0.4) is 0 Å². The largest absolute Gasteiger partial charge is 0.494 e. The van der Waals surface area contributed by atoms with Crippen LogP contribution in [0.1, 0.15) is 31.7 Å². The number of hydrogen-bond donors (Lipinski definition) is 1. The molecule has 1 aromatic carbocycles. The number of anilines is 1. The summed E-state index contributed by atoms with van der Waals surface area (Å²) in [6, 6.07) is 5.61. The summed E-state index contributed by atoms with van der Waals surface area (Å²) in [6.07, 6.45) is 2.16. The second kappa shape index (κ2) is 9.15. The maximum Gasteiger partial charge on any atom is 0.305 e. The Bertz CT molecular complexity index is 544. The molecule has 23 heavy (non-hydrogen) atoms. The molecule has 0 spiro atoms. The van der Waals surface area contributed by atoms with Crippen LogP contribution in [0.15, 0.2) is 18.2 Å². The standard InChI is InChI=1S/C17H23NO5/c1-2-21-10-11-23-17(20)4-3-9-22-14-6-7-15-13(12-14)5-8-16(19)18-15/h6-7,12H,2-5,8-11H2,1H3,(H,18,19). The number of esters is 1. The number of aryl methyl sites for hydroxylation is 1. The van der Waals surface area contributed by atoms with Crippen LogP contribution in [0.25, 0.3) is 0 Å². The van der Waals surface area contributed by atoms with Crippen LogP contribution in [-0.4, -0.2) is 38.3 Å². The molecule has 1 aromatic rings. The SMILES string of the molecule is CCOCCOC(=O)CCCOc1ccc2c(c1)CCC(=O)N2. The maximum atomic E-state index is 11.5. The Morgan fingerprint density at radius 3 is 2.91 bits per heavy atom. The lowest BCUT2D eigenvalue weighted by atomic mass is 10.0. The zero-order chi connectivity index (χ0) is 16.5. The Balaban J connectivity index is 1.65. The monoisotopic (exact) mass is 321 g/mol. The minimum Gasteiger partial charge on any atom is -0.494 e. The van der Waals surface area contributed by atoms with Crippen molar-refractivity contribution in [3.8, 4) is 5.75 Å². The molecule has 0 aliphatic carbocycles. The fourth-order valence-electron chi connectivity index (χ4n) is 2.29. The second-order valence-corrected chi connectivity index (χ2v) is 5.24. The number of amides is 1. The van der Waals surface area contributed by atoms with Gasteiger partial charge in [0.25, 0.3) is 0 Å². The Morgan fingerprint density at radius 2 is 2.09 bits per heavy atom. The van der Waals surface area contributed by atoms with Crippen molar-refractivity contribution in [2.75, 3.05) is 31.7 Å². The third-order valence-corrected chi connectivity index (χ3v) is 3.46. The molecule has 0 atom stereocenters. The Labute approximate surface area is 136 Å². The average molecular weight is 321 g/mol. The highest BCUT2D eigenvalue weighted by Crippen LogP contribution is 2.26. The molecular weight excluding hydrogens is 298 g/mol. The zero-order valence-electron chi connectivity index (χ0n) is 13.4. The van der Waals surface area contributed by atoms with E-state index in [-0.39, 0.29) is 11.9 Å². The number of rotatable bonds is 9. The first-order valence-corrected chi connectivity index (χ1v) is 7.98. The fourth-order valence-corrected chi connectivity index (χ4v) is 2.29. The van der Waals surface area contributed by atoms with E-state index in [9.17, 15) is 9.59 Å². The van der Waals surface area contributed by atoms with E-state index >= 15 is 0 Å². The van der Waals surface area contributed by atoms with E-state index in [2.05, 4.69) is 5.32 Å². The fraction of sp³-hybridized carbons (Fsp3) is 0.529. The lowest BCUT2D eigenvalue weighted by Crippen LogP contribution is -2.18. The molecule has 1 heterocycles. The summed E-state index contributed by atoms with van der Waals surface area (Å²) in [5, 5.41) is 2.83. The summed E-state index contributed by atoms with van der Waals surface area (Å²) >= 11 is 0. The number of benzene rings is 1. The topological polar surface area (TPSA) is 73.9 Å². The summed E-state index contributed by atoms with van der Waals surface area (Å²) < 4.78 is 15.8. The van der Waals surface area contributed by atoms with Crippen molar-refractivity contribution in [3.63, 3.8) is 0 Å². The Hall–Kier alpha value is -2.08. The molecule has 1 amide bonds. The van der Waals surface area contributed by atoms with Gasteiger partial charge in [-0.3, -0.25) is 9.59 Å². The van der Waals surface area contributed by atoms with Crippen molar-refractivity contribution in [2.45, 2.75) is 32.6 Å². The van der Waals surface area contributed by atoms with Gasteiger partial charge < -0.3 is 19.5 Å². The lowest BCUT2D eigenvalue weighted by molar-refractivity contribution is -0.145. The molecule has 0 saturated heterocycles. The van der Waals surface area contributed by atoms with E-state index < -0.39 is 0 Å². The van der Waals surface area contributed by atoms with Gasteiger partial charge in [-0.2, -0.15) is 0 Å². The van der Waals surface area contributed by atoms with Crippen molar-refractivity contribution in [3.05, 3.63) is 23.8 Å². The van der Waals surface area contributed by atoms with Crippen LogP contribution in [-0.2, 0) is 25.5 Å². The van der Waals surface area contributed by atoms with Gasteiger partial charge in [-0.05, 0) is 43.5 Å².